The van der Waals surface area contributed by atoms with Crippen molar-refractivity contribution in [1.82, 2.24) is 14.5 Å². The molecule has 0 unspecified atom stereocenters. The first-order chi connectivity index (χ1) is 16.7. The maximum Gasteiger partial charge on any atom is 0.573 e. The molecule has 3 aromatic carbocycles. The van der Waals surface area contributed by atoms with E-state index in [0.29, 0.717) is 27.2 Å². The SMILES string of the molecule is CS(=O)(=O)NC(=O)c1cc(Cl)c(-n2nc(-c3ccc(OC(F)(F)F)cc3)c3cc(Cl)ccc32)cc1F. The van der Waals surface area contributed by atoms with Crippen molar-refractivity contribution < 1.29 is 35.5 Å². The Hall–Kier alpha value is -3.35. The van der Waals surface area contributed by atoms with E-state index in [1.165, 1.54) is 16.8 Å². The van der Waals surface area contributed by atoms with Crippen LogP contribution < -0.4 is 9.46 Å². The molecule has 0 fully saturated rings. The van der Waals surface area contributed by atoms with E-state index < -0.39 is 39.4 Å². The second kappa shape index (κ2) is 9.26. The highest BCUT2D eigenvalue weighted by molar-refractivity contribution is 7.89. The van der Waals surface area contributed by atoms with Gasteiger partial charge in [-0.2, -0.15) is 5.10 Å². The van der Waals surface area contributed by atoms with Crippen LogP contribution in [0.1, 0.15) is 10.4 Å². The van der Waals surface area contributed by atoms with E-state index >= 15 is 0 Å². The Morgan fingerprint density at radius 1 is 1.06 bits per heavy atom. The van der Waals surface area contributed by atoms with Gasteiger partial charge < -0.3 is 4.74 Å². The first-order valence-corrected chi connectivity index (χ1v) is 12.4. The molecule has 1 aromatic heterocycles. The summed E-state index contributed by atoms with van der Waals surface area (Å²) in [4.78, 5) is 12.1. The van der Waals surface area contributed by atoms with E-state index in [0.717, 1.165) is 30.5 Å². The highest BCUT2D eigenvalue weighted by Gasteiger charge is 2.31. The molecule has 0 aliphatic carbocycles. The van der Waals surface area contributed by atoms with Crippen LogP contribution in [-0.2, 0) is 10.0 Å². The Morgan fingerprint density at radius 3 is 2.33 bits per heavy atom. The van der Waals surface area contributed by atoms with Crippen molar-refractivity contribution in [3.8, 4) is 22.7 Å². The van der Waals surface area contributed by atoms with E-state index in [2.05, 4.69) is 9.84 Å². The van der Waals surface area contributed by atoms with Crippen LogP contribution in [0.25, 0.3) is 27.8 Å². The number of fused-ring (bicyclic) bond motifs is 1. The third kappa shape index (κ3) is 5.55. The number of carbonyl (C=O) groups excluding carboxylic acids is 1. The van der Waals surface area contributed by atoms with Crippen LogP contribution >= 0.6 is 23.2 Å². The molecular formula is C22H13Cl2F4N3O4S. The lowest BCUT2D eigenvalue weighted by atomic mass is 10.1. The van der Waals surface area contributed by atoms with E-state index in [9.17, 15) is 30.8 Å². The number of ether oxygens (including phenoxy) is 1. The second-order valence-electron chi connectivity index (χ2n) is 7.48. The third-order valence-electron chi connectivity index (χ3n) is 4.79. The number of nitrogens with zero attached hydrogens (tertiary/aromatic N) is 2. The van der Waals surface area contributed by atoms with Crippen molar-refractivity contribution in [2.24, 2.45) is 0 Å². The fourth-order valence-electron chi connectivity index (χ4n) is 3.40. The van der Waals surface area contributed by atoms with Crippen LogP contribution in [0.15, 0.2) is 54.6 Å². The molecule has 14 heteroatoms. The van der Waals surface area contributed by atoms with Gasteiger partial charge in [0.15, 0.2) is 0 Å². The topological polar surface area (TPSA) is 90.3 Å². The van der Waals surface area contributed by atoms with Crippen molar-refractivity contribution in [3.05, 3.63) is 76.0 Å². The molecule has 4 aromatic rings. The normalized spacial score (nSPS) is 12.1. The maximum atomic E-state index is 14.8. The lowest BCUT2D eigenvalue weighted by Gasteiger charge is -2.10. The number of amides is 1. The van der Waals surface area contributed by atoms with Crippen LogP contribution in [0.2, 0.25) is 10.0 Å². The predicted octanol–water partition coefficient (Wildman–Crippen LogP) is 5.73. The Labute approximate surface area is 211 Å². The molecule has 1 heterocycles. The van der Waals surface area contributed by atoms with E-state index in [1.54, 1.807) is 22.9 Å². The van der Waals surface area contributed by atoms with Crippen molar-refractivity contribution in [1.29, 1.82) is 0 Å². The zero-order chi connectivity index (χ0) is 26.4. The molecule has 0 aliphatic rings. The molecule has 4 rings (SSSR count). The van der Waals surface area contributed by atoms with Gasteiger partial charge in [-0.1, -0.05) is 23.2 Å². The summed E-state index contributed by atoms with van der Waals surface area (Å²) in [6, 6.07) is 11.5. The van der Waals surface area contributed by atoms with Gasteiger partial charge in [-0.3, -0.25) is 4.79 Å². The van der Waals surface area contributed by atoms with Gasteiger partial charge in [-0.15, -0.1) is 13.2 Å². The molecular weight excluding hydrogens is 549 g/mol. The lowest BCUT2D eigenvalue weighted by molar-refractivity contribution is -0.274. The Morgan fingerprint density at radius 2 is 1.72 bits per heavy atom. The largest absolute Gasteiger partial charge is 0.573 e. The zero-order valence-electron chi connectivity index (χ0n) is 17.9. The number of nitrogens with one attached hydrogen (secondary N) is 1. The molecule has 1 amide bonds. The van der Waals surface area contributed by atoms with Crippen LogP contribution in [0.4, 0.5) is 17.6 Å². The summed E-state index contributed by atoms with van der Waals surface area (Å²) in [6.07, 6.45) is -4.11. The highest BCUT2D eigenvalue weighted by atomic mass is 35.5. The Balaban J connectivity index is 1.83. The summed E-state index contributed by atoms with van der Waals surface area (Å²) in [7, 11) is -3.95. The molecule has 188 valence electrons. The summed E-state index contributed by atoms with van der Waals surface area (Å²) in [5.74, 6) is -2.70. The summed E-state index contributed by atoms with van der Waals surface area (Å²) < 4.78 is 81.8. The molecule has 0 radical (unpaired) electrons. The minimum atomic E-state index is -4.85. The number of halogens is 6. The lowest BCUT2D eigenvalue weighted by Crippen LogP contribution is -2.30. The average Bonchev–Trinajstić information content (AvgIpc) is 3.11. The molecule has 0 bridgehead atoms. The van der Waals surface area contributed by atoms with Crippen molar-refractivity contribution in [2.75, 3.05) is 6.26 Å². The Kier molecular flexibility index (Phi) is 6.62. The van der Waals surface area contributed by atoms with E-state index in [-0.39, 0.29) is 10.7 Å². The van der Waals surface area contributed by atoms with Crippen LogP contribution in [0, 0.1) is 5.82 Å². The van der Waals surface area contributed by atoms with Crippen LogP contribution in [0.3, 0.4) is 0 Å². The molecule has 0 saturated carbocycles. The smallest absolute Gasteiger partial charge is 0.406 e. The van der Waals surface area contributed by atoms with Gasteiger partial charge in [0.05, 0.1) is 28.0 Å². The fraction of sp³-hybridized carbons (Fsp3) is 0.0909. The second-order valence-corrected chi connectivity index (χ2v) is 10.1. The van der Waals surface area contributed by atoms with Gasteiger partial charge in [0.25, 0.3) is 5.91 Å². The minimum absolute atomic E-state index is 0.0145. The van der Waals surface area contributed by atoms with E-state index in [1.807, 2.05) is 0 Å². The number of hydrogen-bond acceptors (Lipinski definition) is 5. The van der Waals surface area contributed by atoms with Gasteiger partial charge in [-0.05, 0) is 48.5 Å². The first-order valence-electron chi connectivity index (χ1n) is 9.78. The van der Waals surface area contributed by atoms with Gasteiger partial charge in [0, 0.05) is 22.0 Å². The molecule has 0 saturated heterocycles. The van der Waals surface area contributed by atoms with Crippen molar-refractivity contribution >= 4 is 50.0 Å². The average molecular weight is 562 g/mol. The van der Waals surface area contributed by atoms with Gasteiger partial charge in [0.1, 0.15) is 17.3 Å². The predicted molar refractivity (Wildman–Crippen MR) is 125 cm³/mol. The van der Waals surface area contributed by atoms with Crippen molar-refractivity contribution in [2.45, 2.75) is 6.36 Å². The number of hydrogen-bond donors (Lipinski definition) is 1. The minimum Gasteiger partial charge on any atom is -0.406 e. The van der Waals surface area contributed by atoms with Crippen molar-refractivity contribution in [3.63, 3.8) is 0 Å². The molecule has 1 N–H and O–H groups in total. The summed E-state index contributed by atoms with van der Waals surface area (Å²) in [6.45, 7) is 0. The number of rotatable bonds is 5. The molecule has 0 aliphatic heterocycles. The molecule has 0 atom stereocenters. The molecule has 0 spiro atoms. The maximum absolute atomic E-state index is 14.8. The monoisotopic (exact) mass is 561 g/mol. The number of carbonyl (C=O) groups is 1. The van der Waals surface area contributed by atoms with E-state index in [4.69, 9.17) is 23.2 Å². The first kappa shape index (κ1) is 25.7. The Bertz CT molecular complexity index is 1600. The molecule has 36 heavy (non-hydrogen) atoms. The summed E-state index contributed by atoms with van der Waals surface area (Å²) in [5.41, 5.74) is 0.521. The zero-order valence-corrected chi connectivity index (χ0v) is 20.2. The highest BCUT2D eigenvalue weighted by Crippen LogP contribution is 2.35. The number of aromatic nitrogens is 2. The fourth-order valence-corrected chi connectivity index (χ4v) is 4.26. The van der Waals surface area contributed by atoms with Gasteiger partial charge >= 0.3 is 6.36 Å². The van der Waals surface area contributed by atoms with Crippen LogP contribution in [0.5, 0.6) is 5.75 Å². The number of benzene rings is 3. The summed E-state index contributed by atoms with van der Waals surface area (Å²) in [5, 5.41) is 5.14. The van der Waals surface area contributed by atoms with Gasteiger partial charge in [-0.25, -0.2) is 22.2 Å². The standard InChI is InChI=1S/C22H13Cl2F4N3O4S/c1-36(33,34)30-21(32)14-9-16(24)19(10-17(14)25)31-18-7-4-12(23)8-15(18)20(29-31)11-2-5-13(6-3-11)35-22(26,27)28/h2-10H,1H3,(H,30,32). The van der Waals surface area contributed by atoms with Gasteiger partial charge in [0.2, 0.25) is 10.0 Å². The summed E-state index contributed by atoms with van der Waals surface area (Å²) >= 11 is 12.4. The molecule has 7 nitrogen and oxygen atoms in total. The van der Waals surface area contributed by atoms with Crippen LogP contribution in [-0.4, -0.2) is 36.7 Å². The third-order valence-corrected chi connectivity index (χ3v) is 5.88. The quantitative estimate of drug-likeness (QED) is 0.314. The number of sulfonamides is 1. The number of alkyl halides is 3.